The Labute approximate surface area is 178 Å². The number of hydrogen-bond acceptors (Lipinski definition) is 4. The van der Waals surface area contributed by atoms with Gasteiger partial charge in [0.05, 0.1) is 18.0 Å². The zero-order valence-corrected chi connectivity index (χ0v) is 17.7. The van der Waals surface area contributed by atoms with Crippen LogP contribution < -0.4 is 0 Å². The maximum atomic E-state index is 12.6. The summed E-state index contributed by atoms with van der Waals surface area (Å²) < 4.78 is 1.93. The van der Waals surface area contributed by atoms with Crippen LogP contribution in [0.25, 0.3) is 16.6 Å². The first kappa shape index (κ1) is 19.4. The lowest BCUT2D eigenvalue weighted by molar-refractivity contribution is -0.125. The Kier molecular flexibility index (Phi) is 6.03. The van der Waals surface area contributed by atoms with Gasteiger partial charge >= 0.3 is 0 Å². The summed E-state index contributed by atoms with van der Waals surface area (Å²) in [6.45, 7) is 1.31. The number of carbonyl (C=O) groups excluding carboxylic acids is 1. The van der Waals surface area contributed by atoms with Gasteiger partial charge < -0.3 is 4.90 Å². The number of nitrogens with zero attached hydrogens (tertiary/aromatic N) is 3. The van der Waals surface area contributed by atoms with Crippen LogP contribution in [0.2, 0.25) is 0 Å². The van der Waals surface area contributed by atoms with Gasteiger partial charge in [0.2, 0.25) is 5.91 Å². The van der Waals surface area contributed by atoms with E-state index >= 15 is 0 Å². The summed E-state index contributed by atoms with van der Waals surface area (Å²) >= 11 is 3.31. The molecule has 4 rings (SSSR count). The highest BCUT2D eigenvalue weighted by molar-refractivity contribution is 7.13. The van der Waals surface area contributed by atoms with Gasteiger partial charge in [-0.05, 0) is 34.5 Å². The van der Waals surface area contributed by atoms with Crippen molar-refractivity contribution in [1.82, 2.24) is 14.7 Å². The Morgan fingerprint density at radius 2 is 1.86 bits per heavy atom. The van der Waals surface area contributed by atoms with Crippen molar-refractivity contribution >= 4 is 34.7 Å². The molecule has 1 amide bonds. The van der Waals surface area contributed by atoms with Crippen molar-refractivity contribution in [3.05, 3.63) is 93.6 Å². The van der Waals surface area contributed by atoms with Crippen LogP contribution in [0.5, 0.6) is 0 Å². The van der Waals surface area contributed by atoms with E-state index in [4.69, 9.17) is 5.10 Å². The van der Waals surface area contributed by atoms with Crippen LogP contribution in [0.4, 0.5) is 0 Å². The molecule has 0 aliphatic heterocycles. The quantitative estimate of drug-likeness (QED) is 0.377. The van der Waals surface area contributed by atoms with Gasteiger partial charge in [-0.25, -0.2) is 0 Å². The van der Waals surface area contributed by atoms with E-state index in [1.54, 1.807) is 33.6 Å². The summed E-state index contributed by atoms with van der Waals surface area (Å²) in [5.41, 5.74) is 3.04. The van der Waals surface area contributed by atoms with Gasteiger partial charge in [0, 0.05) is 29.8 Å². The Balaban J connectivity index is 1.55. The van der Waals surface area contributed by atoms with Gasteiger partial charge in [-0.3, -0.25) is 9.48 Å². The number of likely N-dealkylation sites (N-methyl/N-ethyl adjacent to an activating group) is 1. The van der Waals surface area contributed by atoms with Crippen LogP contribution in [-0.4, -0.2) is 27.6 Å². The van der Waals surface area contributed by atoms with E-state index in [1.165, 1.54) is 10.4 Å². The SMILES string of the molecule is CN(Cc1cccs1)C(=O)C=Cc1cn(Cc2ccccc2)nc1-c1cccs1. The molecule has 3 heterocycles. The molecule has 3 aromatic heterocycles. The average Bonchev–Trinajstić information content (AvgIpc) is 3.49. The summed E-state index contributed by atoms with van der Waals surface area (Å²) in [4.78, 5) is 16.5. The Morgan fingerprint density at radius 1 is 1.07 bits per heavy atom. The van der Waals surface area contributed by atoms with Crippen molar-refractivity contribution in [2.24, 2.45) is 0 Å². The summed E-state index contributed by atoms with van der Waals surface area (Å²) in [6, 6.07) is 18.4. The highest BCUT2D eigenvalue weighted by Gasteiger charge is 2.12. The molecule has 146 valence electrons. The van der Waals surface area contributed by atoms with Crippen LogP contribution in [0.1, 0.15) is 16.0 Å². The molecule has 6 heteroatoms. The minimum absolute atomic E-state index is 0.0219. The molecule has 0 fully saturated rings. The molecule has 4 nitrogen and oxygen atoms in total. The van der Waals surface area contributed by atoms with E-state index in [0.717, 1.165) is 16.1 Å². The fourth-order valence-corrected chi connectivity index (χ4v) is 4.51. The molecule has 1 aromatic carbocycles. The smallest absolute Gasteiger partial charge is 0.246 e. The largest absolute Gasteiger partial charge is 0.337 e. The fourth-order valence-electron chi connectivity index (χ4n) is 3.02. The van der Waals surface area contributed by atoms with Crippen LogP contribution in [0.15, 0.2) is 77.6 Å². The molecule has 0 spiro atoms. The number of aromatic nitrogens is 2. The Morgan fingerprint density at radius 3 is 2.59 bits per heavy atom. The molecule has 0 bridgehead atoms. The third-order valence-electron chi connectivity index (χ3n) is 4.49. The predicted octanol–water partition coefficient (Wildman–Crippen LogP) is 5.39. The molecular formula is C23H21N3OS2. The molecule has 29 heavy (non-hydrogen) atoms. The van der Waals surface area contributed by atoms with Gasteiger partial charge in [-0.1, -0.05) is 42.5 Å². The van der Waals surface area contributed by atoms with Crippen molar-refractivity contribution in [2.45, 2.75) is 13.1 Å². The van der Waals surface area contributed by atoms with E-state index in [9.17, 15) is 4.79 Å². The molecule has 4 aromatic rings. The fraction of sp³-hybridized carbons (Fsp3) is 0.130. The molecule has 0 N–H and O–H groups in total. The maximum Gasteiger partial charge on any atom is 0.246 e. The lowest BCUT2D eigenvalue weighted by Crippen LogP contribution is -2.23. The van der Waals surface area contributed by atoms with Gasteiger partial charge in [0.1, 0.15) is 5.69 Å². The number of rotatable bonds is 7. The molecule has 0 saturated heterocycles. The molecule has 0 aliphatic carbocycles. The van der Waals surface area contributed by atoms with Crippen molar-refractivity contribution in [2.75, 3.05) is 7.05 Å². The standard InChI is InChI=1S/C23H21N3OS2/c1-25(17-20-9-5-13-28-20)22(27)12-11-19-16-26(15-18-7-3-2-4-8-18)24-23(19)21-10-6-14-29-21/h2-14,16H,15,17H2,1H3. The number of benzene rings is 1. The molecular weight excluding hydrogens is 398 g/mol. The maximum absolute atomic E-state index is 12.6. The summed E-state index contributed by atoms with van der Waals surface area (Å²) in [6.07, 6.45) is 5.51. The van der Waals surface area contributed by atoms with Gasteiger partial charge in [0.15, 0.2) is 0 Å². The second kappa shape index (κ2) is 9.03. The zero-order chi connectivity index (χ0) is 20.1. The third kappa shape index (κ3) is 4.91. The molecule has 0 radical (unpaired) electrons. The second-order valence-electron chi connectivity index (χ2n) is 6.70. The summed E-state index contributed by atoms with van der Waals surface area (Å²) in [7, 11) is 1.82. The number of carbonyl (C=O) groups is 1. The lowest BCUT2D eigenvalue weighted by atomic mass is 10.2. The highest BCUT2D eigenvalue weighted by Crippen LogP contribution is 2.28. The second-order valence-corrected chi connectivity index (χ2v) is 8.68. The first-order valence-corrected chi connectivity index (χ1v) is 11.1. The first-order valence-electron chi connectivity index (χ1n) is 9.30. The summed E-state index contributed by atoms with van der Waals surface area (Å²) in [5, 5.41) is 8.85. The van der Waals surface area contributed by atoms with Gasteiger partial charge in [-0.15, -0.1) is 22.7 Å². The monoisotopic (exact) mass is 419 g/mol. The molecule has 0 aliphatic rings. The van der Waals surface area contributed by atoms with E-state index < -0.39 is 0 Å². The van der Waals surface area contributed by atoms with Crippen molar-refractivity contribution in [3.8, 4) is 10.6 Å². The average molecular weight is 420 g/mol. The van der Waals surface area contributed by atoms with Crippen LogP contribution in [0.3, 0.4) is 0 Å². The van der Waals surface area contributed by atoms with Gasteiger partial charge in [0.25, 0.3) is 0 Å². The van der Waals surface area contributed by atoms with Crippen LogP contribution >= 0.6 is 22.7 Å². The summed E-state index contributed by atoms with van der Waals surface area (Å²) in [5.74, 6) is -0.0219. The first-order chi connectivity index (χ1) is 14.2. The van der Waals surface area contributed by atoms with Crippen molar-refractivity contribution in [3.63, 3.8) is 0 Å². The predicted molar refractivity (Wildman–Crippen MR) is 121 cm³/mol. The number of thiophene rings is 2. The Bertz CT molecular complexity index is 1080. The minimum Gasteiger partial charge on any atom is -0.337 e. The normalized spacial score (nSPS) is 11.2. The van der Waals surface area contributed by atoms with E-state index in [1.807, 2.05) is 71.2 Å². The topological polar surface area (TPSA) is 38.1 Å². The minimum atomic E-state index is -0.0219. The molecule has 0 atom stereocenters. The van der Waals surface area contributed by atoms with Crippen molar-refractivity contribution in [1.29, 1.82) is 0 Å². The number of amides is 1. The van der Waals surface area contributed by atoms with Gasteiger partial charge in [-0.2, -0.15) is 5.10 Å². The van der Waals surface area contributed by atoms with E-state index in [-0.39, 0.29) is 5.91 Å². The molecule has 0 saturated carbocycles. The lowest BCUT2D eigenvalue weighted by Gasteiger charge is -2.13. The highest BCUT2D eigenvalue weighted by atomic mass is 32.1. The third-order valence-corrected chi connectivity index (χ3v) is 6.22. The van der Waals surface area contributed by atoms with E-state index in [0.29, 0.717) is 13.1 Å². The Hall–Kier alpha value is -2.96. The van der Waals surface area contributed by atoms with E-state index in [2.05, 4.69) is 18.2 Å². The van der Waals surface area contributed by atoms with Crippen LogP contribution in [-0.2, 0) is 17.9 Å². The van der Waals surface area contributed by atoms with Crippen LogP contribution in [0, 0.1) is 0 Å². The number of hydrogen-bond donors (Lipinski definition) is 0. The molecule has 0 unspecified atom stereocenters. The zero-order valence-electron chi connectivity index (χ0n) is 16.1. The van der Waals surface area contributed by atoms with Crippen molar-refractivity contribution < 1.29 is 4.79 Å².